The van der Waals surface area contributed by atoms with Crippen molar-refractivity contribution in [1.29, 1.82) is 0 Å². The molecule has 4 aliphatic carbocycles. The number of aliphatic hydroxyl groups excluding tert-OH is 1. The van der Waals surface area contributed by atoms with Crippen molar-refractivity contribution in [3.05, 3.63) is 11.6 Å². The second-order valence-corrected chi connectivity index (χ2v) is 9.23. The van der Waals surface area contributed by atoms with E-state index in [4.69, 9.17) is 11.6 Å². The Morgan fingerprint density at radius 1 is 1.18 bits per heavy atom. The normalized spacial score (nSPS) is 54.3. The second kappa shape index (κ2) is 4.83. The molecule has 4 rings (SSSR count). The third-order valence-electron chi connectivity index (χ3n) is 7.89. The van der Waals surface area contributed by atoms with Crippen molar-refractivity contribution in [3.63, 3.8) is 0 Å². The van der Waals surface area contributed by atoms with Gasteiger partial charge in [0, 0.05) is 6.42 Å². The molecule has 7 atom stereocenters. The Morgan fingerprint density at radius 3 is 2.73 bits per heavy atom. The van der Waals surface area contributed by atoms with Gasteiger partial charge in [0.05, 0.1) is 11.5 Å². The van der Waals surface area contributed by atoms with Gasteiger partial charge in [-0.3, -0.25) is 4.79 Å². The summed E-state index contributed by atoms with van der Waals surface area (Å²) in [5.41, 5.74) is 1.42. The molecule has 2 nitrogen and oxygen atoms in total. The van der Waals surface area contributed by atoms with Gasteiger partial charge in [-0.05, 0) is 78.8 Å². The summed E-state index contributed by atoms with van der Waals surface area (Å²) in [4.78, 5) is 11.9. The van der Waals surface area contributed by atoms with E-state index in [1.165, 1.54) is 12.0 Å². The molecule has 0 spiro atoms. The third-order valence-corrected chi connectivity index (χ3v) is 8.30. The fourth-order valence-electron chi connectivity index (χ4n) is 6.53. The number of rotatable bonds is 0. The largest absolute Gasteiger partial charge is 0.393 e. The van der Waals surface area contributed by atoms with E-state index in [-0.39, 0.29) is 28.1 Å². The minimum absolute atomic E-state index is 0.00981. The topological polar surface area (TPSA) is 37.3 Å². The van der Waals surface area contributed by atoms with Crippen LogP contribution in [0.15, 0.2) is 11.6 Å². The summed E-state index contributed by atoms with van der Waals surface area (Å²) in [5, 5.41) is 10.5. The summed E-state index contributed by atoms with van der Waals surface area (Å²) in [6, 6.07) is 0. The molecule has 0 bridgehead atoms. The number of hydrogen-bond acceptors (Lipinski definition) is 2. The fourth-order valence-corrected chi connectivity index (χ4v) is 7.05. The van der Waals surface area contributed by atoms with Gasteiger partial charge in [-0.2, -0.15) is 0 Å². The van der Waals surface area contributed by atoms with E-state index >= 15 is 0 Å². The summed E-state index contributed by atoms with van der Waals surface area (Å²) in [7, 11) is 0. The number of ketones is 1. The monoisotopic (exact) mass is 322 g/mol. The standard InChI is InChI=1S/C19H27ClO2/c1-18-7-5-11(21)9-15(18)16(20)10-12-13-3-4-17(22)19(13,2)8-6-14(12)18/h9,12-14,16-17,22H,3-8,10H2,1-2H3/t12-,13-,14-,16?,17-,18+,19-/m0/s1. The smallest absolute Gasteiger partial charge is 0.155 e. The molecular weight excluding hydrogens is 296 g/mol. The van der Waals surface area contributed by atoms with Gasteiger partial charge < -0.3 is 5.11 Å². The Kier molecular flexibility index (Phi) is 3.34. The summed E-state index contributed by atoms with van der Waals surface area (Å²) in [5.74, 6) is 2.13. The minimum Gasteiger partial charge on any atom is -0.393 e. The Morgan fingerprint density at radius 2 is 1.95 bits per heavy atom. The van der Waals surface area contributed by atoms with Crippen LogP contribution < -0.4 is 0 Å². The summed E-state index contributed by atoms with van der Waals surface area (Å²) >= 11 is 6.75. The van der Waals surface area contributed by atoms with Gasteiger partial charge in [-0.1, -0.05) is 13.8 Å². The molecule has 0 aromatic heterocycles. The zero-order valence-corrected chi connectivity index (χ0v) is 14.4. The van der Waals surface area contributed by atoms with Crippen molar-refractivity contribution >= 4 is 17.4 Å². The summed E-state index contributed by atoms with van der Waals surface area (Å²) < 4.78 is 0. The average Bonchev–Trinajstić information content (AvgIpc) is 2.77. The average molecular weight is 323 g/mol. The Labute approximate surface area is 138 Å². The number of alkyl halides is 1. The van der Waals surface area contributed by atoms with E-state index < -0.39 is 0 Å². The first-order chi connectivity index (χ1) is 10.4. The van der Waals surface area contributed by atoms with Crippen LogP contribution in [0.1, 0.15) is 58.8 Å². The van der Waals surface area contributed by atoms with Crippen LogP contribution in [0.4, 0.5) is 0 Å². The molecule has 0 aliphatic heterocycles. The molecule has 3 fully saturated rings. The maximum Gasteiger partial charge on any atom is 0.155 e. The molecule has 1 unspecified atom stereocenters. The molecule has 1 N–H and O–H groups in total. The number of aliphatic hydroxyl groups is 1. The van der Waals surface area contributed by atoms with Gasteiger partial charge in [0.2, 0.25) is 0 Å². The Bertz CT molecular complexity index is 542. The number of carbonyl (C=O) groups is 1. The van der Waals surface area contributed by atoms with Crippen LogP contribution >= 0.6 is 11.6 Å². The maximum atomic E-state index is 11.9. The number of fused-ring (bicyclic) bond motifs is 5. The molecule has 22 heavy (non-hydrogen) atoms. The first kappa shape index (κ1) is 15.2. The first-order valence-corrected chi connectivity index (χ1v) is 9.37. The molecule has 3 heteroatoms. The maximum absolute atomic E-state index is 11.9. The van der Waals surface area contributed by atoms with Crippen molar-refractivity contribution < 1.29 is 9.90 Å². The van der Waals surface area contributed by atoms with E-state index in [2.05, 4.69) is 13.8 Å². The van der Waals surface area contributed by atoms with E-state index in [0.29, 0.717) is 24.2 Å². The summed E-state index contributed by atoms with van der Waals surface area (Å²) in [6.07, 6.45) is 8.79. The lowest BCUT2D eigenvalue weighted by atomic mass is 9.47. The zero-order valence-electron chi connectivity index (χ0n) is 13.6. The van der Waals surface area contributed by atoms with Gasteiger partial charge in [0.15, 0.2) is 5.78 Å². The van der Waals surface area contributed by atoms with E-state index in [0.717, 1.165) is 32.1 Å². The zero-order chi connectivity index (χ0) is 15.7. The van der Waals surface area contributed by atoms with Crippen molar-refractivity contribution in [3.8, 4) is 0 Å². The van der Waals surface area contributed by atoms with Crippen LogP contribution in [-0.2, 0) is 4.79 Å². The molecule has 4 aliphatic rings. The molecular formula is C19H27ClO2. The molecule has 122 valence electrons. The van der Waals surface area contributed by atoms with Gasteiger partial charge in [0.1, 0.15) is 0 Å². The van der Waals surface area contributed by atoms with Crippen molar-refractivity contribution in [2.45, 2.75) is 70.3 Å². The molecule has 3 saturated carbocycles. The highest BCUT2D eigenvalue weighted by Gasteiger charge is 2.60. The van der Waals surface area contributed by atoms with Gasteiger partial charge in [-0.25, -0.2) is 0 Å². The first-order valence-electron chi connectivity index (χ1n) is 8.93. The van der Waals surface area contributed by atoms with E-state index in [1.54, 1.807) is 0 Å². The molecule has 0 aromatic carbocycles. The van der Waals surface area contributed by atoms with E-state index in [9.17, 15) is 9.90 Å². The number of carbonyl (C=O) groups excluding carboxylic acids is 1. The lowest BCUT2D eigenvalue weighted by Crippen LogP contribution is -2.53. The van der Waals surface area contributed by atoms with Gasteiger partial charge in [0.25, 0.3) is 0 Å². The Balaban J connectivity index is 1.73. The predicted octanol–water partition coefficient (Wildman–Crippen LogP) is 4.10. The quantitative estimate of drug-likeness (QED) is 0.682. The van der Waals surface area contributed by atoms with Crippen molar-refractivity contribution in [2.75, 3.05) is 0 Å². The number of halogens is 1. The lowest BCUT2D eigenvalue weighted by Gasteiger charge is -2.58. The SMILES string of the molecule is C[C@]12CC[C@H]3[C@@H](CC(Cl)C4=CC(=O)CC[C@@]43C)[C@@H]1CC[C@@H]2O. The fraction of sp³-hybridized carbons (Fsp3) is 0.842. The molecule has 0 amide bonds. The van der Waals surface area contributed by atoms with E-state index in [1.807, 2.05) is 6.08 Å². The highest BCUT2D eigenvalue weighted by molar-refractivity contribution is 6.23. The highest BCUT2D eigenvalue weighted by Crippen LogP contribution is 2.65. The third kappa shape index (κ3) is 1.86. The predicted molar refractivity (Wildman–Crippen MR) is 87.7 cm³/mol. The van der Waals surface area contributed by atoms with Crippen LogP contribution in [0.2, 0.25) is 0 Å². The molecule has 0 aromatic rings. The van der Waals surface area contributed by atoms with Crippen LogP contribution in [0.25, 0.3) is 0 Å². The number of hydrogen-bond donors (Lipinski definition) is 1. The van der Waals surface area contributed by atoms with Crippen LogP contribution in [0.5, 0.6) is 0 Å². The van der Waals surface area contributed by atoms with Crippen LogP contribution in [0.3, 0.4) is 0 Å². The highest BCUT2D eigenvalue weighted by atomic mass is 35.5. The van der Waals surface area contributed by atoms with Crippen LogP contribution in [-0.4, -0.2) is 22.4 Å². The second-order valence-electron chi connectivity index (χ2n) is 8.70. The Hall–Kier alpha value is -0.340. The molecule has 0 saturated heterocycles. The van der Waals surface area contributed by atoms with Gasteiger partial charge in [-0.15, -0.1) is 11.6 Å². The van der Waals surface area contributed by atoms with Crippen molar-refractivity contribution in [2.24, 2.45) is 28.6 Å². The van der Waals surface area contributed by atoms with Gasteiger partial charge >= 0.3 is 0 Å². The van der Waals surface area contributed by atoms with Crippen LogP contribution in [0, 0.1) is 28.6 Å². The number of allylic oxidation sites excluding steroid dienone is 1. The minimum atomic E-state index is -0.134. The molecule has 0 heterocycles. The lowest BCUT2D eigenvalue weighted by molar-refractivity contribution is -0.117. The van der Waals surface area contributed by atoms with Crippen molar-refractivity contribution in [1.82, 2.24) is 0 Å². The summed E-state index contributed by atoms with van der Waals surface area (Å²) in [6.45, 7) is 4.65. The molecule has 0 radical (unpaired) electrons.